The maximum absolute atomic E-state index is 12.9. The van der Waals surface area contributed by atoms with Crippen LogP contribution in [-0.4, -0.2) is 31.0 Å². The molecule has 0 aliphatic carbocycles. The highest BCUT2D eigenvalue weighted by Crippen LogP contribution is 2.26. The van der Waals surface area contributed by atoms with Gasteiger partial charge in [0.25, 0.3) is 0 Å². The van der Waals surface area contributed by atoms with Crippen molar-refractivity contribution in [1.29, 1.82) is 0 Å². The fourth-order valence-electron chi connectivity index (χ4n) is 1.95. The van der Waals surface area contributed by atoms with E-state index in [4.69, 9.17) is 11.6 Å². The lowest BCUT2D eigenvalue weighted by Gasteiger charge is -2.17. The van der Waals surface area contributed by atoms with E-state index in [-0.39, 0.29) is 25.4 Å². The van der Waals surface area contributed by atoms with Crippen LogP contribution in [0.25, 0.3) is 0 Å². The van der Waals surface area contributed by atoms with Crippen LogP contribution in [0.15, 0.2) is 22.7 Å². The molecule has 1 unspecified atom stereocenters. The third kappa shape index (κ3) is 3.46. The van der Waals surface area contributed by atoms with Crippen molar-refractivity contribution in [3.63, 3.8) is 0 Å². The Bertz CT molecular complexity index is 622. The highest BCUT2D eigenvalue weighted by molar-refractivity contribution is 9.10. The van der Waals surface area contributed by atoms with Gasteiger partial charge in [0.2, 0.25) is 5.91 Å². The standard InChI is InChI=1S/C11H10BrClFNO3S/c12-8-1-2-10(13)7(3-8)5-15-6-9(4-11(15)16)19(14,17)18/h1-3,9H,4-6H2. The smallest absolute Gasteiger partial charge is 0.307 e. The molecular formula is C11H10BrClFNO3S. The molecule has 0 bridgehead atoms. The Kier molecular flexibility index (Phi) is 4.17. The van der Waals surface area contributed by atoms with Crippen LogP contribution in [-0.2, 0) is 21.6 Å². The third-order valence-electron chi connectivity index (χ3n) is 2.95. The minimum absolute atomic E-state index is 0.138. The average Bonchev–Trinajstić information content (AvgIpc) is 2.65. The first-order valence-corrected chi connectivity index (χ1v) is 8.04. The summed E-state index contributed by atoms with van der Waals surface area (Å²) in [5, 5.41) is -0.798. The number of hydrogen-bond donors (Lipinski definition) is 0. The quantitative estimate of drug-likeness (QED) is 0.768. The van der Waals surface area contributed by atoms with Crippen molar-refractivity contribution in [2.24, 2.45) is 0 Å². The Hall–Kier alpha value is -0.660. The largest absolute Gasteiger partial charge is 0.337 e. The minimum Gasteiger partial charge on any atom is -0.337 e. The molecule has 1 amide bonds. The van der Waals surface area contributed by atoms with Crippen LogP contribution in [0.1, 0.15) is 12.0 Å². The van der Waals surface area contributed by atoms with Gasteiger partial charge in [0.05, 0.1) is 0 Å². The molecule has 0 aromatic heterocycles. The number of likely N-dealkylation sites (tertiary alicyclic amines) is 1. The Morgan fingerprint density at radius 3 is 2.74 bits per heavy atom. The van der Waals surface area contributed by atoms with E-state index in [1.54, 1.807) is 18.2 Å². The zero-order valence-electron chi connectivity index (χ0n) is 9.64. The van der Waals surface area contributed by atoms with Crippen molar-refractivity contribution in [1.82, 2.24) is 4.90 Å². The van der Waals surface area contributed by atoms with Gasteiger partial charge in [0.15, 0.2) is 0 Å². The van der Waals surface area contributed by atoms with E-state index in [1.165, 1.54) is 4.90 Å². The summed E-state index contributed by atoms with van der Waals surface area (Å²) in [5.41, 5.74) is 0.682. The first kappa shape index (κ1) is 14.7. The SMILES string of the molecule is O=C1CC(S(=O)(=O)F)CN1Cc1cc(Br)ccc1Cl. The molecule has 0 saturated carbocycles. The molecule has 104 valence electrons. The molecule has 1 aliphatic rings. The van der Waals surface area contributed by atoms with E-state index in [0.29, 0.717) is 10.6 Å². The predicted molar refractivity (Wildman–Crippen MR) is 73.0 cm³/mol. The van der Waals surface area contributed by atoms with E-state index in [1.807, 2.05) is 0 Å². The molecule has 1 fully saturated rings. The first-order chi connectivity index (χ1) is 8.77. The lowest BCUT2D eigenvalue weighted by Crippen LogP contribution is -2.26. The summed E-state index contributed by atoms with van der Waals surface area (Å²) < 4.78 is 35.3. The molecule has 1 atom stereocenters. The highest BCUT2D eigenvalue weighted by atomic mass is 79.9. The fraction of sp³-hybridized carbons (Fsp3) is 0.364. The van der Waals surface area contributed by atoms with Gasteiger partial charge >= 0.3 is 10.2 Å². The Balaban J connectivity index is 2.16. The van der Waals surface area contributed by atoms with Gasteiger partial charge in [-0.2, -0.15) is 8.42 Å². The second kappa shape index (κ2) is 5.38. The molecular weight excluding hydrogens is 361 g/mol. The van der Waals surface area contributed by atoms with Crippen LogP contribution in [0, 0.1) is 0 Å². The number of nitrogens with zero attached hydrogens (tertiary/aromatic N) is 1. The number of hydrogen-bond acceptors (Lipinski definition) is 3. The number of halogens is 3. The van der Waals surface area contributed by atoms with Crippen LogP contribution in [0.5, 0.6) is 0 Å². The molecule has 1 heterocycles. The van der Waals surface area contributed by atoms with Gasteiger partial charge in [-0.1, -0.05) is 27.5 Å². The zero-order chi connectivity index (χ0) is 14.2. The van der Waals surface area contributed by atoms with Crippen molar-refractivity contribution in [3.05, 3.63) is 33.3 Å². The summed E-state index contributed by atoms with van der Waals surface area (Å²) in [6.45, 7) is 0.0314. The summed E-state index contributed by atoms with van der Waals surface area (Å²) in [5.74, 6) is -0.387. The summed E-state index contributed by atoms with van der Waals surface area (Å²) in [4.78, 5) is 13.0. The lowest BCUT2D eigenvalue weighted by atomic mass is 10.2. The molecule has 8 heteroatoms. The molecule has 0 spiro atoms. The van der Waals surface area contributed by atoms with E-state index in [0.717, 1.165) is 4.47 Å². The van der Waals surface area contributed by atoms with Gasteiger partial charge in [0.1, 0.15) is 5.25 Å². The lowest BCUT2D eigenvalue weighted by molar-refractivity contribution is -0.128. The molecule has 2 rings (SSSR count). The molecule has 4 nitrogen and oxygen atoms in total. The number of rotatable bonds is 3. The van der Waals surface area contributed by atoms with Crippen LogP contribution in [0.3, 0.4) is 0 Å². The van der Waals surface area contributed by atoms with E-state index in [2.05, 4.69) is 15.9 Å². The van der Waals surface area contributed by atoms with Gasteiger partial charge in [-0.25, -0.2) is 0 Å². The summed E-state index contributed by atoms with van der Waals surface area (Å²) >= 11 is 9.28. The van der Waals surface area contributed by atoms with Crippen molar-refractivity contribution in [3.8, 4) is 0 Å². The number of amides is 1. The topological polar surface area (TPSA) is 54.5 Å². The normalized spacial score (nSPS) is 20.1. The van der Waals surface area contributed by atoms with E-state index < -0.39 is 15.5 Å². The molecule has 1 aromatic rings. The molecule has 1 saturated heterocycles. The summed E-state index contributed by atoms with van der Waals surface area (Å²) in [6, 6.07) is 5.17. The van der Waals surface area contributed by atoms with Crippen molar-refractivity contribution in [2.45, 2.75) is 18.2 Å². The van der Waals surface area contributed by atoms with Gasteiger partial charge < -0.3 is 4.90 Å². The minimum atomic E-state index is -4.68. The first-order valence-electron chi connectivity index (χ1n) is 5.42. The van der Waals surface area contributed by atoms with Gasteiger partial charge in [-0.3, -0.25) is 4.79 Å². The Labute approximate surface area is 123 Å². The Morgan fingerprint density at radius 2 is 2.16 bits per heavy atom. The average molecular weight is 371 g/mol. The van der Waals surface area contributed by atoms with Crippen LogP contribution in [0.4, 0.5) is 3.89 Å². The number of benzene rings is 1. The second-order valence-electron chi connectivity index (χ2n) is 4.31. The number of carbonyl (C=O) groups excluding carboxylic acids is 1. The third-order valence-corrected chi connectivity index (χ3v) is 4.92. The number of carbonyl (C=O) groups is 1. The van der Waals surface area contributed by atoms with E-state index in [9.17, 15) is 17.1 Å². The summed E-state index contributed by atoms with van der Waals surface area (Å²) in [6.07, 6.45) is -0.315. The highest BCUT2D eigenvalue weighted by Gasteiger charge is 2.38. The maximum Gasteiger partial charge on any atom is 0.307 e. The predicted octanol–water partition coefficient (Wildman–Crippen LogP) is 2.50. The van der Waals surface area contributed by atoms with Crippen molar-refractivity contribution in [2.75, 3.05) is 6.54 Å². The van der Waals surface area contributed by atoms with Crippen LogP contribution < -0.4 is 0 Å². The fourth-order valence-corrected chi connectivity index (χ4v) is 3.23. The Morgan fingerprint density at radius 1 is 1.47 bits per heavy atom. The molecule has 19 heavy (non-hydrogen) atoms. The molecule has 1 aliphatic heterocycles. The van der Waals surface area contributed by atoms with Gasteiger partial charge in [0, 0.05) is 29.0 Å². The zero-order valence-corrected chi connectivity index (χ0v) is 12.8. The van der Waals surface area contributed by atoms with Gasteiger partial charge in [-0.15, -0.1) is 3.89 Å². The van der Waals surface area contributed by atoms with Crippen LogP contribution in [0.2, 0.25) is 5.02 Å². The monoisotopic (exact) mass is 369 g/mol. The summed E-state index contributed by atoms with van der Waals surface area (Å²) in [7, 11) is -4.68. The van der Waals surface area contributed by atoms with Crippen molar-refractivity contribution < 1.29 is 17.1 Å². The van der Waals surface area contributed by atoms with Crippen LogP contribution >= 0.6 is 27.5 Å². The maximum atomic E-state index is 12.9. The molecule has 0 radical (unpaired) electrons. The van der Waals surface area contributed by atoms with E-state index >= 15 is 0 Å². The van der Waals surface area contributed by atoms with Gasteiger partial charge in [-0.05, 0) is 23.8 Å². The second-order valence-corrected chi connectivity index (χ2v) is 7.25. The molecule has 1 aromatic carbocycles. The van der Waals surface area contributed by atoms with Crippen molar-refractivity contribution >= 4 is 43.7 Å². The molecule has 0 N–H and O–H groups in total.